The lowest BCUT2D eigenvalue weighted by Crippen LogP contribution is -2.52. The number of aryl methyl sites for hydroxylation is 1. The van der Waals surface area contributed by atoms with Gasteiger partial charge in [0.05, 0.1) is 17.2 Å². The van der Waals surface area contributed by atoms with Crippen molar-refractivity contribution in [2.24, 2.45) is 0 Å². The fourth-order valence-electron chi connectivity index (χ4n) is 4.34. The highest BCUT2D eigenvalue weighted by Crippen LogP contribution is 2.33. The van der Waals surface area contributed by atoms with E-state index in [1.165, 1.54) is 17.0 Å². The fraction of sp³-hybridized carbons (Fsp3) is 0.333. The molecular weight excluding hydrogens is 585 g/mol. The van der Waals surface area contributed by atoms with E-state index >= 15 is 0 Å². The van der Waals surface area contributed by atoms with Crippen LogP contribution in [-0.4, -0.2) is 50.9 Å². The predicted molar refractivity (Wildman–Crippen MR) is 163 cm³/mol. The van der Waals surface area contributed by atoms with Crippen molar-refractivity contribution in [3.05, 3.63) is 87.9 Å². The predicted octanol–water partition coefficient (Wildman–Crippen LogP) is 5.84. The van der Waals surface area contributed by atoms with Gasteiger partial charge in [-0.05, 0) is 69.2 Å². The number of amides is 2. The van der Waals surface area contributed by atoms with Crippen molar-refractivity contribution in [1.29, 1.82) is 0 Å². The Bertz CT molecular complexity index is 1470. The number of nitrogens with one attached hydrogen (secondary N) is 1. The van der Waals surface area contributed by atoms with Gasteiger partial charge < -0.3 is 15.0 Å². The molecule has 0 heterocycles. The SMILES string of the molecule is CCNC(=O)[C@H](CC)N(Cc1ccc(Cl)cc1Cl)C(=O)CN(c1ccccc1OCC)S(=O)(=O)c1ccc(C)cc1. The largest absolute Gasteiger partial charge is 0.492 e. The van der Waals surface area contributed by atoms with Crippen LogP contribution in [0, 0.1) is 6.92 Å². The number of hydrogen-bond acceptors (Lipinski definition) is 5. The van der Waals surface area contributed by atoms with Crippen LogP contribution in [0.3, 0.4) is 0 Å². The number of sulfonamides is 1. The quantitative estimate of drug-likeness (QED) is 0.259. The first-order chi connectivity index (χ1) is 19.5. The molecule has 41 heavy (non-hydrogen) atoms. The molecule has 0 aromatic heterocycles. The molecular formula is C30H35Cl2N3O5S. The van der Waals surface area contributed by atoms with Crippen LogP contribution in [0.25, 0.3) is 0 Å². The summed E-state index contributed by atoms with van der Waals surface area (Å²) >= 11 is 12.5. The van der Waals surface area contributed by atoms with E-state index in [1.54, 1.807) is 75.4 Å². The highest BCUT2D eigenvalue weighted by atomic mass is 35.5. The van der Waals surface area contributed by atoms with E-state index in [-0.39, 0.29) is 23.0 Å². The van der Waals surface area contributed by atoms with Crippen LogP contribution in [0.2, 0.25) is 10.0 Å². The molecule has 1 atom stereocenters. The normalized spacial score (nSPS) is 12.0. The molecule has 3 aromatic rings. The Morgan fingerprint density at radius 3 is 2.27 bits per heavy atom. The molecule has 0 aliphatic rings. The smallest absolute Gasteiger partial charge is 0.264 e. The van der Waals surface area contributed by atoms with Gasteiger partial charge in [-0.1, -0.05) is 66.0 Å². The number of rotatable bonds is 13. The monoisotopic (exact) mass is 619 g/mol. The second kappa shape index (κ2) is 14.6. The van der Waals surface area contributed by atoms with Crippen LogP contribution in [-0.2, 0) is 26.2 Å². The number of para-hydroxylation sites is 2. The minimum atomic E-state index is -4.23. The topological polar surface area (TPSA) is 96.0 Å². The number of likely N-dealkylation sites (N-methyl/N-ethyl adjacent to an activating group) is 1. The van der Waals surface area contributed by atoms with Crippen molar-refractivity contribution in [2.45, 2.75) is 51.6 Å². The Morgan fingerprint density at radius 2 is 1.66 bits per heavy atom. The van der Waals surface area contributed by atoms with Gasteiger partial charge in [-0.25, -0.2) is 8.42 Å². The number of halogens is 2. The van der Waals surface area contributed by atoms with Crippen molar-refractivity contribution >= 4 is 50.7 Å². The fourth-order valence-corrected chi connectivity index (χ4v) is 6.23. The molecule has 0 fully saturated rings. The van der Waals surface area contributed by atoms with Gasteiger partial charge in [0.25, 0.3) is 10.0 Å². The highest BCUT2D eigenvalue weighted by Gasteiger charge is 2.34. The van der Waals surface area contributed by atoms with Crippen molar-refractivity contribution in [3.63, 3.8) is 0 Å². The van der Waals surface area contributed by atoms with Crippen LogP contribution in [0.15, 0.2) is 71.6 Å². The number of nitrogens with zero attached hydrogens (tertiary/aromatic N) is 2. The van der Waals surface area contributed by atoms with Crippen LogP contribution < -0.4 is 14.4 Å². The van der Waals surface area contributed by atoms with Gasteiger partial charge in [0.1, 0.15) is 18.3 Å². The van der Waals surface area contributed by atoms with E-state index in [2.05, 4.69) is 5.32 Å². The minimum Gasteiger partial charge on any atom is -0.492 e. The molecule has 220 valence electrons. The maximum atomic E-state index is 14.1. The van der Waals surface area contributed by atoms with E-state index < -0.39 is 28.5 Å². The lowest BCUT2D eigenvalue weighted by molar-refractivity contribution is -0.140. The van der Waals surface area contributed by atoms with E-state index in [0.29, 0.717) is 40.9 Å². The lowest BCUT2D eigenvalue weighted by atomic mass is 10.1. The molecule has 0 unspecified atom stereocenters. The van der Waals surface area contributed by atoms with Gasteiger partial charge in [-0.2, -0.15) is 0 Å². The Kier molecular flexibility index (Phi) is 11.5. The maximum Gasteiger partial charge on any atom is 0.264 e. The van der Waals surface area contributed by atoms with E-state index in [9.17, 15) is 18.0 Å². The van der Waals surface area contributed by atoms with Gasteiger partial charge in [0, 0.05) is 23.1 Å². The molecule has 3 aromatic carbocycles. The summed E-state index contributed by atoms with van der Waals surface area (Å²) in [6.45, 7) is 7.26. The molecule has 0 radical (unpaired) electrons. The van der Waals surface area contributed by atoms with Crippen molar-refractivity contribution in [2.75, 3.05) is 24.0 Å². The summed E-state index contributed by atoms with van der Waals surface area (Å²) in [4.78, 5) is 28.6. The van der Waals surface area contributed by atoms with E-state index in [4.69, 9.17) is 27.9 Å². The second-order valence-electron chi connectivity index (χ2n) is 9.30. The number of hydrogen-bond donors (Lipinski definition) is 1. The summed E-state index contributed by atoms with van der Waals surface area (Å²) in [5.74, 6) is -0.631. The van der Waals surface area contributed by atoms with Crippen LogP contribution >= 0.6 is 23.2 Å². The van der Waals surface area contributed by atoms with E-state index in [1.807, 2.05) is 6.92 Å². The summed E-state index contributed by atoms with van der Waals surface area (Å²) in [6.07, 6.45) is 0.295. The van der Waals surface area contributed by atoms with Gasteiger partial charge in [0.15, 0.2) is 0 Å². The average molecular weight is 621 g/mol. The number of carbonyl (C=O) groups excluding carboxylic acids is 2. The molecule has 0 saturated carbocycles. The number of ether oxygens (including phenoxy) is 1. The Morgan fingerprint density at radius 1 is 0.976 bits per heavy atom. The van der Waals surface area contributed by atoms with Crippen molar-refractivity contribution < 1.29 is 22.7 Å². The molecule has 3 rings (SSSR count). The zero-order valence-electron chi connectivity index (χ0n) is 23.6. The zero-order valence-corrected chi connectivity index (χ0v) is 25.9. The molecule has 0 aliphatic heterocycles. The summed E-state index contributed by atoms with van der Waals surface area (Å²) in [6, 6.07) is 17.0. The third-order valence-corrected chi connectivity index (χ3v) is 8.78. The summed E-state index contributed by atoms with van der Waals surface area (Å²) < 4.78 is 34.9. The molecule has 0 saturated heterocycles. The van der Waals surface area contributed by atoms with Gasteiger partial charge in [0.2, 0.25) is 11.8 Å². The van der Waals surface area contributed by atoms with Gasteiger partial charge in [-0.3, -0.25) is 13.9 Å². The Labute approximate surface area is 252 Å². The van der Waals surface area contributed by atoms with Gasteiger partial charge >= 0.3 is 0 Å². The highest BCUT2D eigenvalue weighted by molar-refractivity contribution is 7.92. The number of benzene rings is 3. The average Bonchev–Trinajstić information content (AvgIpc) is 2.93. The standard InChI is InChI=1S/C30H35Cl2N3O5S/c1-5-26(30(37)33-6-2)34(19-22-14-15-23(31)18-25(22)32)29(36)20-35(27-10-8-9-11-28(27)40-7-3)41(38,39)24-16-12-21(4)13-17-24/h8-18,26H,5-7,19-20H2,1-4H3,(H,33,37)/t26-/m0/s1. The summed E-state index contributed by atoms with van der Waals surface area (Å²) in [7, 11) is -4.23. The molecule has 0 bridgehead atoms. The van der Waals surface area contributed by atoms with E-state index in [0.717, 1.165) is 9.87 Å². The molecule has 1 N–H and O–H groups in total. The van der Waals surface area contributed by atoms with Crippen molar-refractivity contribution in [1.82, 2.24) is 10.2 Å². The molecule has 11 heteroatoms. The van der Waals surface area contributed by atoms with Gasteiger partial charge in [-0.15, -0.1) is 0 Å². The lowest BCUT2D eigenvalue weighted by Gasteiger charge is -2.33. The molecule has 0 aliphatic carbocycles. The first-order valence-electron chi connectivity index (χ1n) is 13.4. The summed E-state index contributed by atoms with van der Waals surface area (Å²) in [5, 5.41) is 3.53. The Balaban J connectivity index is 2.13. The number of anilines is 1. The second-order valence-corrected chi connectivity index (χ2v) is 12.0. The third-order valence-electron chi connectivity index (χ3n) is 6.41. The van der Waals surface area contributed by atoms with Crippen LogP contribution in [0.4, 0.5) is 5.69 Å². The molecule has 0 spiro atoms. The Hall–Kier alpha value is -3.27. The molecule has 2 amide bonds. The van der Waals surface area contributed by atoms with Crippen LogP contribution in [0.1, 0.15) is 38.3 Å². The first-order valence-corrected chi connectivity index (χ1v) is 15.5. The summed E-state index contributed by atoms with van der Waals surface area (Å²) in [5.41, 5.74) is 1.66. The zero-order chi connectivity index (χ0) is 30.2. The first kappa shape index (κ1) is 32.2. The maximum absolute atomic E-state index is 14.1. The third kappa shape index (κ3) is 7.93. The molecule has 8 nitrogen and oxygen atoms in total. The van der Waals surface area contributed by atoms with Crippen LogP contribution in [0.5, 0.6) is 5.75 Å². The number of carbonyl (C=O) groups is 2. The van der Waals surface area contributed by atoms with Crippen molar-refractivity contribution in [3.8, 4) is 5.75 Å². The minimum absolute atomic E-state index is 0.0188.